The van der Waals surface area contributed by atoms with E-state index in [4.69, 9.17) is 4.52 Å². The Labute approximate surface area is 69.3 Å². The summed E-state index contributed by atoms with van der Waals surface area (Å²) in [6, 6.07) is 3.80. The Morgan fingerprint density at radius 2 is 2.17 bits per heavy atom. The number of hydrogen-bond donors (Lipinski definition) is 0. The van der Waals surface area contributed by atoms with Crippen molar-refractivity contribution in [3.05, 3.63) is 30.2 Å². The molecule has 2 aromatic heterocycles. The standard InChI is InChI=1S/C8H7N3O/c1-6-2-3-7(9-4-6)8-10-5-11-12-8/h2-5H,1H3. The van der Waals surface area contributed by atoms with Gasteiger partial charge in [0.05, 0.1) is 0 Å². The summed E-state index contributed by atoms with van der Waals surface area (Å²) in [6.45, 7) is 1.98. The van der Waals surface area contributed by atoms with Gasteiger partial charge in [0.1, 0.15) is 5.69 Å². The fourth-order valence-electron chi connectivity index (χ4n) is 0.880. The van der Waals surface area contributed by atoms with Gasteiger partial charge in [-0.1, -0.05) is 11.2 Å². The van der Waals surface area contributed by atoms with Crippen molar-refractivity contribution in [2.75, 3.05) is 0 Å². The number of rotatable bonds is 1. The van der Waals surface area contributed by atoms with Gasteiger partial charge in [-0.25, -0.2) is 0 Å². The third kappa shape index (κ3) is 1.18. The second-order valence-electron chi connectivity index (χ2n) is 2.47. The molecular formula is C8H7N3O. The van der Waals surface area contributed by atoms with Crippen molar-refractivity contribution < 1.29 is 4.52 Å². The van der Waals surface area contributed by atoms with Crippen LogP contribution in [0.2, 0.25) is 0 Å². The summed E-state index contributed by atoms with van der Waals surface area (Å²) in [7, 11) is 0. The fraction of sp³-hybridized carbons (Fsp3) is 0.125. The van der Waals surface area contributed by atoms with Crippen molar-refractivity contribution in [1.29, 1.82) is 0 Å². The molecule has 0 saturated heterocycles. The molecule has 2 heterocycles. The van der Waals surface area contributed by atoms with Gasteiger partial charge < -0.3 is 4.52 Å². The van der Waals surface area contributed by atoms with Gasteiger partial charge in [-0.15, -0.1) is 0 Å². The number of aromatic nitrogens is 3. The van der Waals surface area contributed by atoms with Crippen molar-refractivity contribution in [2.45, 2.75) is 6.92 Å². The Kier molecular flexibility index (Phi) is 1.59. The van der Waals surface area contributed by atoms with Gasteiger partial charge in [0.2, 0.25) is 0 Å². The predicted molar refractivity (Wildman–Crippen MR) is 42.3 cm³/mol. The first-order valence-electron chi connectivity index (χ1n) is 3.56. The zero-order valence-corrected chi connectivity index (χ0v) is 6.56. The Morgan fingerprint density at radius 3 is 2.75 bits per heavy atom. The summed E-state index contributed by atoms with van der Waals surface area (Å²) >= 11 is 0. The molecule has 0 aliphatic carbocycles. The Hall–Kier alpha value is -1.71. The molecule has 4 heteroatoms. The van der Waals surface area contributed by atoms with Gasteiger partial charge in [0, 0.05) is 6.20 Å². The van der Waals surface area contributed by atoms with Gasteiger partial charge in [-0.05, 0) is 18.6 Å². The highest BCUT2D eigenvalue weighted by Crippen LogP contribution is 2.11. The molecule has 0 N–H and O–H groups in total. The van der Waals surface area contributed by atoms with Crippen molar-refractivity contribution in [1.82, 2.24) is 15.1 Å². The maximum Gasteiger partial charge on any atom is 0.276 e. The third-order valence-corrected chi connectivity index (χ3v) is 1.49. The van der Waals surface area contributed by atoms with Crippen LogP contribution in [0.3, 0.4) is 0 Å². The smallest absolute Gasteiger partial charge is 0.276 e. The summed E-state index contributed by atoms with van der Waals surface area (Å²) in [5.41, 5.74) is 1.82. The minimum atomic E-state index is 0.454. The highest BCUT2D eigenvalue weighted by atomic mass is 16.5. The minimum absolute atomic E-state index is 0.454. The van der Waals surface area contributed by atoms with E-state index in [1.807, 2.05) is 19.1 Å². The maximum absolute atomic E-state index is 4.84. The Morgan fingerprint density at radius 1 is 1.25 bits per heavy atom. The lowest BCUT2D eigenvalue weighted by Crippen LogP contribution is -1.82. The van der Waals surface area contributed by atoms with Crippen molar-refractivity contribution in [3.63, 3.8) is 0 Å². The normalized spacial score (nSPS) is 10.1. The van der Waals surface area contributed by atoms with Crippen molar-refractivity contribution in [2.24, 2.45) is 0 Å². The van der Waals surface area contributed by atoms with Crippen LogP contribution in [0, 0.1) is 6.92 Å². The average molecular weight is 161 g/mol. The quantitative estimate of drug-likeness (QED) is 0.635. The van der Waals surface area contributed by atoms with Crippen LogP contribution in [0.15, 0.2) is 29.2 Å². The topological polar surface area (TPSA) is 51.8 Å². The lowest BCUT2D eigenvalue weighted by Gasteiger charge is -1.92. The van der Waals surface area contributed by atoms with Gasteiger partial charge in [0.15, 0.2) is 6.33 Å². The number of hydrogen-bond acceptors (Lipinski definition) is 4. The summed E-state index contributed by atoms with van der Waals surface area (Å²) in [4.78, 5) is 8.00. The summed E-state index contributed by atoms with van der Waals surface area (Å²) in [5.74, 6) is 0.454. The van der Waals surface area contributed by atoms with E-state index in [9.17, 15) is 0 Å². The molecule has 0 saturated carbocycles. The summed E-state index contributed by atoms with van der Waals surface area (Å²) in [5, 5.41) is 3.49. The second kappa shape index (κ2) is 2.73. The first-order chi connectivity index (χ1) is 5.86. The first kappa shape index (κ1) is 6.97. The highest BCUT2D eigenvalue weighted by molar-refractivity contribution is 5.45. The van der Waals surface area contributed by atoms with Crippen LogP contribution in [0.1, 0.15) is 5.56 Å². The lowest BCUT2D eigenvalue weighted by molar-refractivity contribution is 0.429. The molecule has 0 aromatic carbocycles. The molecule has 0 spiro atoms. The summed E-state index contributed by atoms with van der Waals surface area (Å²) < 4.78 is 4.84. The number of pyridine rings is 1. The van der Waals surface area contributed by atoms with E-state index in [0.29, 0.717) is 11.6 Å². The van der Waals surface area contributed by atoms with E-state index in [0.717, 1.165) is 5.56 Å². The van der Waals surface area contributed by atoms with Crippen molar-refractivity contribution in [3.8, 4) is 11.6 Å². The molecule has 12 heavy (non-hydrogen) atoms. The second-order valence-corrected chi connectivity index (χ2v) is 2.47. The lowest BCUT2D eigenvalue weighted by atomic mass is 10.3. The highest BCUT2D eigenvalue weighted by Gasteiger charge is 2.02. The molecule has 0 amide bonds. The van der Waals surface area contributed by atoms with Gasteiger partial charge in [-0.3, -0.25) is 4.98 Å². The molecule has 2 rings (SSSR count). The van der Waals surface area contributed by atoms with E-state index in [1.165, 1.54) is 6.33 Å². The predicted octanol–water partition coefficient (Wildman–Crippen LogP) is 1.44. The van der Waals surface area contributed by atoms with Crippen LogP contribution in [-0.4, -0.2) is 15.1 Å². The minimum Gasteiger partial charge on any atom is -0.333 e. The largest absolute Gasteiger partial charge is 0.333 e. The molecule has 0 unspecified atom stereocenters. The van der Waals surface area contributed by atoms with Crippen LogP contribution < -0.4 is 0 Å². The monoisotopic (exact) mass is 161 g/mol. The Bertz CT molecular complexity index is 352. The molecule has 0 aliphatic rings. The van der Waals surface area contributed by atoms with E-state index in [1.54, 1.807) is 6.20 Å². The van der Waals surface area contributed by atoms with Crippen molar-refractivity contribution >= 4 is 0 Å². The zero-order valence-electron chi connectivity index (χ0n) is 6.56. The number of aryl methyl sites for hydroxylation is 1. The number of nitrogens with zero attached hydrogens (tertiary/aromatic N) is 3. The third-order valence-electron chi connectivity index (χ3n) is 1.49. The first-order valence-corrected chi connectivity index (χ1v) is 3.56. The Balaban J connectivity index is 2.43. The van der Waals surface area contributed by atoms with Crippen LogP contribution in [0.25, 0.3) is 11.6 Å². The van der Waals surface area contributed by atoms with Gasteiger partial charge in [-0.2, -0.15) is 4.98 Å². The zero-order chi connectivity index (χ0) is 8.39. The molecule has 60 valence electrons. The molecule has 2 aromatic rings. The summed E-state index contributed by atoms with van der Waals surface area (Å²) in [6.07, 6.45) is 3.12. The molecule has 0 bridgehead atoms. The molecule has 0 radical (unpaired) electrons. The van der Waals surface area contributed by atoms with E-state index in [-0.39, 0.29) is 0 Å². The molecule has 4 nitrogen and oxygen atoms in total. The molecule has 0 aliphatic heterocycles. The SMILES string of the molecule is Cc1ccc(-c2ncno2)nc1. The maximum atomic E-state index is 4.84. The van der Waals surface area contributed by atoms with Crippen LogP contribution in [-0.2, 0) is 0 Å². The molecule has 0 atom stereocenters. The molecule has 0 fully saturated rings. The molecular weight excluding hydrogens is 154 g/mol. The average Bonchev–Trinajstić information content (AvgIpc) is 2.58. The van der Waals surface area contributed by atoms with Gasteiger partial charge in [0.25, 0.3) is 5.89 Å². The van der Waals surface area contributed by atoms with E-state index < -0.39 is 0 Å². The van der Waals surface area contributed by atoms with Crippen LogP contribution in [0.4, 0.5) is 0 Å². The van der Waals surface area contributed by atoms with E-state index >= 15 is 0 Å². The van der Waals surface area contributed by atoms with Crippen LogP contribution in [0.5, 0.6) is 0 Å². The fourth-order valence-corrected chi connectivity index (χ4v) is 0.880. The van der Waals surface area contributed by atoms with Gasteiger partial charge >= 0.3 is 0 Å². The van der Waals surface area contributed by atoms with E-state index in [2.05, 4.69) is 15.1 Å². The van der Waals surface area contributed by atoms with Crippen LogP contribution >= 0.6 is 0 Å².